The van der Waals surface area contributed by atoms with E-state index in [2.05, 4.69) is 0 Å². The standard InChI is InChI=1S/C13H18FNO2/c1-9(17)13-11(14)3-2-4-12(13)15-6-5-10(7-15)8-16/h2-4,9-10,16-17H,5-8H2,1H3/t9-,10?/m1/s1. The molecular weight excluding hydrogens is 221 g/mol. The SMILES string of the molecule is C[C@@H](O)c1c(F)cccc1N1CCC(CO)C1. The lowest BCUT2D eigenvalue weighted by Gasteiger charge is -2.23. The van der Waals surface area contributed by atoms with Gasteiger partial charge in [0.25, 0.3) is 0 Å². The van der Waals surface area contributed by atoms with E-state index in [1.807, 2.05) is 11.0 Å². The molecule has 0 aromatic heterocycles. The Labute approximate surface area is 100 Å². The highest BCUT2D eigenvalue weighted by Gasteiger charge is 2.25. The van der Waals surface area contributed by atoms with Gasteiger partial charge in [0.2, 0.25) is 0 Å². The molecule has 17 heavy (non-hydrogen) atoms. The number of aliphatic hydroxyl groups excluding tert-OH is 2. The van der Waals surface area contributed by atoms with Crippen molar-refractivity contribution in [2.24, 2.45) is 5.92 Å². The summed E-state index contributed by atoms with van der Waals surface area (Å²) in [6.07, 6.45) is 0.0890. The number of nitrogens with zero attached hydrogens (tertiary/aromatic N) is 1. The Kier molecular flexibility index (Phi) is 3.64. The lowest BCUT2D eigenvalue weighted by molar-refractivity contribution is 0.194. The van der Waals surface area contributed by atoms with Crippen LogP contribution < -0.4 is 4.90 Å². The van der Waals surface area contributed by atoms with Crippen LogP contribution in [0.2, 0.25) is 0 Å². The lowest BCUT2D eigenvalue weighted by Crippen LogP contribution is -2.22. The fourth-order valence-corrected chi connectivity index (χ4v) is 2.42. The van der Waals surface area contributed by atoms with Gasteiger partial charge in [-0.15, -0.1) is 0 Å². The average Bonchev–Trinajstić information content (AvgIpc) is 2.76. The Balaban J connectivity index is 2.29. The maximum absolute atomic E-state index is 13.7. The molecule has 1 unspecified atom stereocenters. The highest BCUT2D eigenvalue weighted by atomic mass is 19.1. The lowest BCUT2D eigenvalue weighted by atomic mass is 10.1. The van der Waals surface area contributed by atoms with Gasteiger partial charge in [0, 0.05) is 36.9 Å². The Hall–Kier alpha value is -1.13. The number of hydrogen-bond acceptors (Lipinski definition) is 3. The van der Waals surface area contributed by atoms with Gasteiger partial charge in [0.1, 0.15) is 5.82 Å². The average molecular weight is 239 g/mol. The molecule has 2 rings (SSSR count). The number of rotatable bonds is 3. The highest BCUT2D eigenvalue weighted by molar-refractivity contribution is 5.55. The number of hydrogen-bond donors (Lipinski definition) is 2. The van der Waals surface area contributed by atoms with Gasteiger partial charge in [0.05, 0.1) is 6.10 Å². The molecule has 1 fully saturated rings. The van der Waals surface area contributed by atoms with Gasteiger partial charge >= 0.3 is 0 Å². The van der Waals surface area contributed by atoms with Crippen molar-refractivity contribution >= 4 is 5.69 Å². The number of halogens is 1. The van der Waals surface area contributed by atoms with Crippen LogP contribution in [0.4, 0.5) is 10.1 Å². The maximum Gasteiger partial charge on any atom is 0.131 e. The van der Waals surface area contributed by atoms with E-state index >= 15 is 0 Å². The summed E-state index contributed by atoms with van der Waals surface area (Å²) in [6, 6.07) is 4.85. The van der Waals surface area contributed by atoms with Crippen LogP contribution in [-0.2, 0) is 0 Å². The van der Waals surface area contributed by atoms with Gasteiger partial charge in [-0.05, 0) is 25.5 Å². The first-order chi connectivity index (χ1) is 8.13. The molecule has 1 aromatic rings. The summed E-state index contributed by atoms with van der Waals surface area (Å²) < 4.78 is 13.7. The molecule has 2 N–H and O–H groups in total. The van der Waals surface area contributed by atoms with Gasteiger partial charge < -0.3 is 15.1 Å². The van der Waals surface area contributed by atoms with Gasteiger partial charge in [-0.25, -0.2) is 4.39 Å². The summed E-state index contributed by atoms with van der Waals surface area (Å²) in [5.74, 6) is -0.120. The third-order valence-electron chi connectivity index (χ3n) is 3.33. The van der Waals surface area contributed by atoms with Gasteiger partial charge in [-0.2, -0.15) is 0 Å². The van der Waals surface area contributed by atoms with Crippen LogP contribution in [0, 0.1) is 11.7 Å². The molecule has 0 bridgehead atoms. The first-order valence-corrected chi connectivity index (χ1v) is 5.95. The van der Waals surface area contributed by atoms with Crippen LogP contribution in [-0.4, -0.2) is 29.9 Å². The molecule has 0 saturated carbocycles. The van der Waals surface area contributed by atoms with E-state index in [0.29, 0.717) is 5.56 Å². The zero-order valence-electron chi connectivity index (χ0n) is 9.93. The summed E-state index contributed by atoms with van der Waals surface area (Å²) in [7, 11) is 0. The van der Waals surface area contributed by atoms with Gasteiger partial charge in [-0.3, -0.25) is 0 Å². The minimum absolute atomic E-state index is 0.163. The molecular formula is C13H18FNO2. The molecule has 0 aliphatic carbocycles. The predicted molar refractivity (Wildman–Crippen MR) is 64.4 cm³/mol. The van der Waals surface area contributed by atoms with E-state index in [0.717, 1.165) is 25.2 Å². The van der Waals surface area contributed by atoms with Crippen molar-refractivity contribution in [2.45, 2.75) is 19.4 Å². The Bertz CT molecular complexity index is 395. The highest BCUT2D eigenvalue weighted by Crippen LogP contribution is 2.32. The smallest absolute Gasteiger partial charge is 0.131 e. The van der Waals surface area contributed by atoms with E-state index in [-0.39, 0.29) is 18.3 Å². The quantitative estimate of drug-likeness (QED) is 0.843. The van der Waals surface area contributed by atoms with Crippen LogP contribution in [0.5, 0.6) is 0 Å². The molecule has 0 radical (unpaired) electrons. The second kappa shape index (κ2) is 5.02. The minimum atomic E-state index is -0.820. The fraction of sp³-hybridized carbons (Fsp3) is 0.538. The monoisotopic (exact) mass is 239 g/mol. The Morgan fingerprint density at radius 2 is 2.29 bits per heavy atom. The summed E-state index contributed by atoms with van der Waals surface area (Å²) >= 11 is 0. The van der Waals surface area contributed by atoms with E-state index in [1.54, 1.807) is 13.0 Å². The van der Waals surface area contributed by atoms with Crippen molar-refractivity contribution in [3.63, 3.8) is 0 Å². The summed E-state index contributed by atoms with van der Waals surface area (Å²) in [4.78, 5) is 2.03. The van der Waals surface area contributed by atoms with Crippen LogP contribution in [0.25, 0.3) is 0 Å². The summed E-state index contributed by atoms with van der Waals surface area (Å²) in [5.41, 5.74) is 1.10. The van der Waals surface area contributed by atoms with E-state index in [1.165, 1.54) is 6.07 Å². The molecule has 94 valence electrons. The van der Waals surface area contributed by atoms with Crippen molar-refractivity contribution in [1.82, 2.24) is 0 Å². The van der Waals surface area contributed by atoms with Crippen LogP contribution in [0.1, 0.15) is 25.0 Å². The van der Waals surface area contributed by atoms with Crippen LogP contribution >= 0.6 is 0 Å². The zero-order chi connectivity index (χ0) is 12.4. The van der Waals surface area contributed by atoms with Crippen LogP contribution in [0.15, 0.2) is 18.2 Å². The molecule has 0 spiro atoms. The number of anilines is 1. The molecule has 1 saturated heterocycles. The molecule has 2 atom stereocenters. The maximum atomic E-state index is 13.7. The molecule has 4 heteroatoms. The van der Waals surface area contributed by atoms with Crippen molar-refractivity contribution < 1.29 is 14.6 Å². The van der Waals surface area contributed by atoms with Gasteiger partial charge in [-0.1, -0.05) is 6.07 Å². The van der Waals surface area contributed by atoms with E-state index in [9.17, 15) is 9.50 Å². The molecule has 0 amide bonds. The molecule has 3 nitrogen and oxygen atoms in total. The Morgan fingerprint density at radius 3 is 2.88 bits per heavy atom. The third-order valence-corrected chi connectivity index (χ3v) is 3.33. The van der Waals surface area contributed by atoms with Crippen molar-refractivity contribution in [3.05, 3.63) is 29.6 Å². The first-order valence-electron chi connectivity index (χ1n) is 5.95. The molecule has 1 aromatic carbocycles. The Morgan fingerprint density at radius 1 is 1.53 bits per heavy atom. The van der Waals surface area contributed by atoms with E-state index in [4.69, 9.17) is 5.11 Å². The predicted octanol–water partition coefficient (Wildman–Crippen LogP) is 1.70. The largest absolute Gasteiger partial charge is 0.396 e. The third kappa shape index (κ3) is 2.42. The van der Waals surface area contributed by atoms with Crippen molar-refractivity contribution in [1.29, 1.82) is 0 Å². The number of aliphatic hydroxyl groups is 2. The summed E-state index contributed by atoms with van der Waals surface area (Å²) in [6.45, 7) is 3.26. The minimum Gasteiger partial charge on any atom is -0.396 e. The fourth-order valence-electron chi connectivity index (χ4n) is 2.42. The molecule has 1 aliphatic rings. The van der Waals surface area contributed by atoms with Crippen LogP contribution in [0.3, 0.4) is 0 Å². The van der Waals surface area contributed by atoms with E-state index < -0.39 is 6.10 Å². The normalized spacial score (nSPS) is 21.9. The zero-order valence-corrected chi connectivity index (χ0v) is 9.93. The number of benzene rings is 1. The first kappa shape index (κ1) is 12.3. The topological polar surface area (TPSA) is 43.7 Å². The molecule has 1 heterocycles. The summed E-state index contributed by atoms with van der Waals surface area (Å²) in [5, 5.41) is 18.8. The second-order valence-electron chi connectivity index (χ2n) is 4.63. The van der Waals surface area contributed by atoms with Crippen molar-refractivity contribution in [3.8, 4) is 0 Å². The van der Waals surface area contributed by atoms with Crippen molar-refractivity contribution in [2.75, 3.05) is 24.6 Å². The van der Waals surface area contributed by atoms with Gasteiger partial charge in [0.15, 0.2) is 0 Å². The second-order valence-corrected chi connectivity index (χ2v) is 4.63. The molecule has 1 aliphatic heterocycles.